The van der Waals surface area contributed by atoms with Crippen molar-refractivity contribution in [1.29, 1.82) is 0 Å². The number of allylic oxidation sites excluding steroid dienone is 1. The van der Waals surface area contributed by atoms with E-state index < -0.39 is 22.1 Å². The van der Waals surface area contributed by atoms with Crippen molar-refractivity contribution in [1.82, 2.24) is 9.71 Å². The van der Waals surface area contributed by atoms with Crippen molar-refractivity contribution in [2.75, 3.05) is 24.6 Å². The number of carbonyl (C=O) groups is 1. The van der Waals surface area contributed by atoms with E-state index in [0.717, 1.165) is 48.6 Å². The second-order valence-electron chi connectivity index (χ2n) is 14.1. The van der Waals surface area contributed by atoms with Crippen LogP contribution >= 0.6 is 22.3 Å². The molecule has 3 aromatic rings. The summed E-state index contributed by atoms with van der Waals surface area (Å²) in [6.07, 6.45) is 11.8. The van der Waals surface area contributed by atoms with E-state index in [-0.39, 0.29) is 39.9 Å². The highest BCUT2D eigenvalue weighted by molar-refractivity contribution is 8.13. The van der Waals surface area contributed by atoms with E-state index in [9.17, 15) is 9.90 Å². The molecule has 1 aromatic heterocycles. The van der Waals surface area contributed by atoms with E-state index in [1.807, 2.05) is 36.4 Å². The number of pyridine rings is 1. The van der Waals surface area contributed by atoms with Gasteiger partial charge in [-0.1, -0.05) is 60.2 Å². The monoisotopic (exact) mass is 675 g/mol. The summed E-state index contributed by atoms with van der Waals surface area (Å²) in [6.45, 7) is 6.05. The third kappa shape index (κ3) is 5.91. The predicted octanol–water partition coefficient (Wildman–Crippen LogP) is 7.59. The molecule has 2 bridgehead atoms. The average Bonchev–Trinajstić information content (AvgIpc) is 3.19. The molecule has 2 N–H and O–H groups in total. The van der Waals surface area contributed by atoms with Crippen molar-refractivity contribution in [2.24, 2.45) is 17.8 Å². The third-order valence-corrected chi connectivity index (χ3v) is 13.3. The van der Waals surface area contributed by atoms with Gasteiger partial charge in [0.1, 0.15) is 17.2 Å². The minimum Gasteiger partial charge on any atom is -0.490 e. The normalized spacial score (nSPS) is 33.0. The number of ether oxygens (including phenoxy) is 1. The fourth-order valence-corrected chi connectivity index (χ4v) is 9.63. The Labute approximate surface area is 284 Å². The molecule has 2 aliphatic carbocycles. The highest BCUT2D eigenvalue weighted by Crippen LogP contribution is 2.51. The first kappa shape index (κ1) is 32.4. The number of anilines is 1. The highest BCUT2D eigenvalue weighted by atomic mass is 35.5. The van der Waals surface area contributed by atoms with Crippen LogP contribution in [0.1, 0.15) is 73.0 Å². The first-order valence-electron chi connectivity index (χ1n) is 16.7. The van der Waals surface area contributed by atoms with E-state index in [0.29, 0.717) is 31.7 Å². The van der Waals surface area contributed by atoms with Crippen molar-refractivity contribution in [3.05, 3.63) is 100 Å². The summed E-state index contributed by atoms with van der Waals surface area (Å²) in [5.74, 6) is 4.45. The number of aromatic nitrogens is 1. The molecule has 6 nitrogen and oxygen atoms in total. The molecule has 248 valence electrons. The van der Waals surface area contributed by atoms with E-state index in [2.05, 4.69) is 46.5 Å². The van der Waals surface area contributed by atoms with Gasteiger partial charge < -0.3 is 19.5 Å². The Hall–Kier alpha value is -3.20. The lowest BCUT2D eigenvalue weighted by molar-refractivity contribution is -0.0522. The summed E-state index contributed by atoms with van der Waals surface area (Å²) in [5.41, 5.74) is 2.45. The van der Waals surface area contributed by atoms with Crippen molar-refractivity contribution < 1.29 is 19.0 Å². The Balaban J connectivity index is 1.34. The van der Waals surface area contributed by atoms with Crippen LogP contribution in [-0.2, 0) is 17.4 Å². The number of halogens is 2. The van der Waals surface area contributed by atoms with Crippen molar-refractivity contribution >= 4 is 39.7 Å². The molecular weight excluding hydrogens is 633 g/mol. The largest absolute Gasteiger partial charge is 0.490 e. The number of amides is 1. The number of benzene rings is 2. The molecular formula is C38H43ClFN3O3S. The van der Waals surface area contributed by atoms with E-state index >= 15 is 4.39 Å². The first-order chi connectivity index (χ1) is 22.6. The zero-order valence-electron chi connectivity index (χ0n) is 27.1. The van der Waals surface area contributed by atoms with Gasteiger partial charge in [-0.3, -0.25) is 9.78 Å². The van der Waals surface area contributed by atoms with Crippen molar-refractivity contribution in [3.8, 4) is 5.75 Å². The molecule has 1 amide bonds. The van der Waals surface area contributed by atoms with Crippen LogP contribution in [0.5, 0.6) is 5.75 Å². The van der Waals surface area contributed by atoms with Gasteiger partial charge in [0.25, 0.3) is 5.91 Å². The van der Waals surface area contributed by atoms with Crippen molar-refractivity contribution in [2.45, 2.75) is 68.6 Å². The number of hydrogen-bond acceptors (Lipinski definition) is 5. The fraction of sp³-hybridized carbons (Fsp3) is 0.447. The predicted molar refractivity (Wildman–Crippen MR) is 189 cm³/mol. The Morgan fingerprint density at radius 2 is 2.02 bits per heavy atom. The Kier molecular flexibility index (Phi) is 8.73. The van der Waals surface area contributed by atoms with Crippen LogP contribution in [0.25, 0.3) is 0 Å². The van der Waals surface area contributed by atoms with Crippen LogP contribution in [-0.4, -0.2) is 46.8 Å². The van der Waals surface area contributed by atoms with Gasteiger partial charge in [0.15, 0.2) is 0 Å². The SMILES string of the molecule is C=S1NC(=O)c2ccc3c(c2)N(CC2CCC2[C@@](O)(c2ccncc2F)/C=C/CC(C)C1C)C[C@@]1(CCCc2cc(Cl)ccc21)CO3. The zero-order valence-corrected chi connectivity index (χ0v) is 28.6. The van der Waals surface area contributed by atoms with Gasteiger partial charge in [0.2, 0.25) is 0 Å². The van der Waals surface area contributed by atoms with Crippen molar-refractivity contribution in [3.63, 3.8) is 0 Å². The Bertz CT molecular complexity index is 1750. The van der Waals surface area contributed by atoms with Crippen LogP contribution in [0.3, 0.4) is 0 Å². The molecule has 7 rings (SSSR count). The van der Waals surface area contributed by atoms with Gasteiger partial charge in [0, 0.05) is 52.0 Å². The van der Waals surface area contributed by atoms with Gasteiger partial charge in [0.05, 0.1) is 18.5 Å². The second-order valence-corrected chi connectivity index (χ2v) is 16.3. The topological polar surface area (TPSA) is 74.7 Å². The molecule has 9 heteroatoms. The Morgan fingerprint density at radius 3 is 2.81 bits per heavy atom. The van der Waals surface area contributed by atoms with Crippen LogP contribution < -0.4 is 14.4 Å². The summed E-state index contributed by atoms with van der Waals surface area (Å²) < 4.78 is 25.2. The summed E-state index contributed by atoms with van der Waals surface area (Å²) in [5, 5.41) is 13.3. The van der Waals surface area contributed by atoms with Crippen LogP contribution in [0.2, 0.25) is 5.02 Å². The van der Waals surface area contributed by atoms with Crippen LogP contribution in [0, 0.1) is 23.6 Å². The average molecular weight is 676 g/mol. The summed E-state index contributed by atoms with van der Waals surface area (Å²) in [6, 6.07) is 13.5. The summed E-state index contributed by atoms with van der Waals surface area (Å²) >= 11 is 6.45. The number of aryl methyl sites for hydroxylation is 1. The fourth-order valence-electron chi connectivity index (χ4n) is 8.22. The third-order valence-electron chi connectivity index (χ3n) is 11.3. The number of nitrogens with one attached hydrogen (secondary N) is 1. The lowest BCUT2D eigenvalue weighted by atomic mass is 9.62. The number of nitrogens with zero attached hydrogens (tertiary/aromatic N) is 2. The standard InChI is InChI=1S/C38H43ClFN3O3S/c1-24-6-4-16-38(45,32-14-17-41-20-33(32)40)31-11-8-28(31)21-43-22-37(15-5-7-26-18-29(39)10-12-30(26)37)23-46-35-13-9-27(19-34(35)43)36(44)42-47(3)25(24)2/h4,9-10,12-14,16-20,24-25,28,31,45H,3,5-8,11,15,21-23H2,1-2H3,(H,42,44)/b16-4+/t24?,25?,28?,31?,37-,38+,47?/m0/s1. The van der Waals surface area contributed by atoms with E-state index in [1.165, 1.54) is 17.3 Å². The maximum absolute atomic E-state index is 15.4. The van der Waals surface area contributed by atoms with Crippen LogP contribution in [0.15, 0.2) is 67.0 Å². The molecule has 1 fully saturated rings. The molecule has 47 heavy (non-hydrogen) atoms. The molecule has 4 aliphatic rings. The lowest BCUT2D eigenvalue weighted by Crippen LogP contribution is -2.51. The number of aliphatic hydroxyl groups is 1. The number of rotatable bonds is 1. The summed E-state index contributed by atoms with van der Waals surface area (Å²) in [4.78, 5) is 20.0. The maximum Gasteiger partial charge on any atom is 0.260 e. The van der Waals surface area contributed by atoms with Crippen LogP contribution in [0.4, 0.5) is 10.1 Å². The molecule has 2 aromatic carbocycles. The minimum atomic E-state index is -1.49. The zero-order chi connectivity index (χ0) is 32.9. The van der Waals surface area contributed by atoms with E-state index in [4.69, 9.17) is 16.3 Å². The lowest BCUT2D eigenvalue weighted by Gasteiger charge is -2.49. The van der Waals surface area contributed by atoms with Gasteiger partial charge in [-0.2, -0.15) is 0 Å². The van der Waals surface area contributed by atoms with Gasteiger partial charge >= 0.3 is 0 Å². The molecule has 1 saturated carbocycles. The summed E-state index contributed by atoms with van der Waals surface area (Å²) in [7, 11) is -0.649. The van der Waals surface area contributed by atoms with Gasteiger partial charge in [-0.25, -0.2) is 4.39 Å². The molecule has 3 heterocycles. The molecule has 1 spiro atoms. The molecule has 5 unspecified atom stereocenters. The Morgan fingerprint density at radius 1 is 1.17 bits per heavy atom. The molecule has 7 atom stereocenters. The smallest absolute Gasteiger partial charge is 0.260 e. The van der Waals surface area contributed by atoms with E-state index in [1.54, 1.807) is 12.3 Å². The number of hydrogen-bond donors (Lipinski definition) is 2. The minimum absolute atomic E-state index is 0.0703. The second kappa shape index (κ2) is 12.7. The maximum atomic E-state index is 15.4. The molecule has 0 saturated heterocycles. The van der Waals surface area contributed by atoms with Gasteiger partial charge in [-0.15, -0.1) is 0 Å². The molecule has 0 radical (unpaired) electrons. The quantitative estimate of drug-likeness (QED) is 0.205. The molecule has 2 aliphatic heterocycles. The first-order valence-corrected chi connectivity index (χ1v) is 18.6. The van der Waals surface area contributed by atoms with Gasteiger partial charge in [-0.05, 0) is 97.9 Å². The highest BCUT2D eigenvalue weighted by Gasteiger charge is 2.49. The number of fused-ring (bicyclic) bond motifs is 4. The number of carbonyl (C=O) groups excluding carboxylic acids is 1.